The monoisotopic (exact) mass is 306 g/mol. The molecule has 1 aromatic heterocycles. The van der Waals surface area contributed by atoms with Gasteiger partial charge < -0.3 is 10.3 Å². The van der Waals surface area contributed by atoms with Crippen molar-refractivity contribution in [2.75, 3.05) is 6.54 Å². The number of hydrogen-bond acceptors (Lipinski definition) is 1. The Bertz CT molecular complexity index is 818. The van der Waals surface area contributed by atoms with Crippen molar-refractivity contribution < 1.29 is 4.79 Å². The smallest absolute Gasteiger partial charge is 0.268 e. The number of hydrogen-bond donors (Lipinski definition) is 2. The molecule has 0 fully saturated rings. The number of rotatable bonds is 5. The zero-order valence-corrected chi connectivity index (χ0v) is 13.6. The molecule has 0 radical (unpaired) electrons. The second kappa shape index (κ2) is 6.69. The molecule has 118 valence electrons. The van der Waals surface area contributed by atoms with E-state index >= 15 is 0 Å². The SMILES string of the molecule is Cc1ccc2c(C)c(C(=O)NCCCc3ccccc3)[nH]c2c1. The Kier molecular flexibility index (Phi) is 4.47. The minimum absolute atomic E-state index is 0.0237. The number of carbonyl (C=O) groups excluding carboxylic acids is 1. The highest BCUT2D eigenvalue weighted by Gasteiger charge is 2.14. The molecule has 1 heterocycles. The average Bonchev–Trinajstić information content (AvgIpc) is 2.88. The highest BCUT2D eigenvalue weighted by atomic mass is 16.1. The van der Waals surface area contributed by atoms with Crippen molar-refractivity contribution in [2.24, 2.45) is 0 Å². The maximum Gasteiger partial charge on any atom is 0.268 e. The maximum absolute atomic E-state index is 12.4. The van der Waals surface area contributed by atoms with Crippen LogP contribution in [0, 0.1) is 13.8 Å². The molecule has 2 aromatic carbocycles. The number of aryl methyl sites for hydroxylation is 3. The lowest BCUT2D eigenvalue weighted by Crippen LogP contribution is -2.25. The zero-order chi connectivity index (χ0) is 16.2. The van der Waals surface area contributed by atoms with Gasteiger partial charge in [-0.05, 0) is 49.4 Å². The first-order valence-electron chi connectivity index (χ1n) is 8.06. The zero-order valence-electron chi connectivity index (χ0n) is 13.6. The predicted molar refractivity (Wildman–Crippen MR) is 94.9 cm³/mol. The number of aromatic amines is 1. The summed E-state index contributed by atoms with van der Waals surface area (Å²) >= 11 is 0. The fourth-order valence-electron chi connectivity index (χ4n) is 2.91. The summed E-state index contributed by atoms with van der Waals surface area (Å²) in [6, 6.07) is 16.6. The van der Waals surface area contributed by atoms with E-state index in [2.05, 4.69) is 47.6 Å². The van der Waals surface area contributed by atoms with Gasteiger partial charge in [0.25, 0.3) is 5.91 Å². The number of nitrogens with one attached hydrogen (secondary N) is 2. The topological polar surface area (TPSA) is 44.9 Å². The molecule has 0 aliphatic rings. The first kappa shape index (κ1) is 15.3. The van der Waals surface area contributed by atoms with E-state index in [0.29, 0.717) is 12.2 Å². The van der Waals surface area contributed by atoms with Gasteiger partial charge in [-0.3, -0.25) is 4.79 Å². The van der Waals surface area contributed by atoms with Gasteiger partial charge in [0.2, 0.25) is 0 Å². The third kappa shape index (κ3) is 3.45. The Morgan fingerprint density at radius 2 is 1.87 bits per heavy atom. The minimum Gasteiger partial charge on any atom is -0.351 e. The number of H-pyrrole nitrogens is 1. The summed E-state index contributed by atoms with van der Waals surface area (Å²) < 4.78 is 0. The van der Waals surface area contributed by atoms with E-state index < -0.39 is 0 Å². The summed E-state index contributed by atoms with van der Waals surface area (Å²) in [6.07, 6.45) is 1.92. The van der Waals surface area contributed by atoms with Crippen LogP contribution in [-0.2, 0) is 6.42 Å². The molecule has 3 aromatic rings. The van der Waals surface area contributed by atoms with Gasteiger partial charge in [0.05, 0.1) is 0 Å². The Labute approximate surface area is 136 Å². The molecule has 1 amide bonds. The molecule has 0 bridgehead atoms. The molecule has 3 rings (SSSR count). The standard InChI is InChI=1S/C20H22N2O/c1-14-10-11-17-15(2)19(22-18(17)13-14)20(23)21-12-6-9-16-7-4-3-5-8-16/h3-5,7-8,10-11,13,22H,6,9,12H2,1-2H3,(H,21,23). The van der Waals surface area contributed by atoms with Crippen LogP contribution in [-0.4, -0.2) is 17.4 Å². The van der Waals surface area contributed by atoms with E-state index in [9.17, 15) is 4.79 Å². The average molecular weight is 306 g/mol. The van der Waals surface area contributed by atoms with Gasteiger partial charge in [0.15, 0.2) is 0 Å². The fraction of sp³-hybridized carbons (Fsp3) is 0.250. The molecule has 0 saturated heterocycles. The van der Waals surface area contributed by atoms with Crippen molar-refractivity contribution in [1.82, 2.24) is 10.3 Å². The van der Waals surface area contributed by atoms with Gasteiger partial charge in [-0.2, -0.15) is 0 Å². The summed E-state index contributed by atoms with van der Waals surface area (Å²) in [5, 5.41) is 4.13. The summed E-state index contributed by atoms with van der Waals surface area (Å²) in [5.41, 5.74) is 5.20. The Morgan fingerprint density at radius 1 is 1.09 bits per heavy atom. The van der Waals surface area contributed by atoms with Crippen LogP contribution in [0.2, 0.25) is 0 Å². The molecule has 0 atom stereocenters. The Hall–Kier alpha value is -2.55. The van der Waals surface area contributed by atoms with Gasteiger partial charge in [-0.25, -0.2) is 0 Å². The molecule has 3 nitrogen and oxygen atoms in total. The molecule has 0 saturated carbocycles. The molecule has 0 aliphatic heterocycles. The van der Waals surface area contributed by atoms with E-state index in [4.69, 9.17) is 0 Å². The minimum atomic E-state index is -0.0237. The van der Waals surface area contributed by atoms with Crippen molar-refractivity contribution in [3.8, 4) is 0 Å². The summed E-state index contributed by atoms with van der Waals surface area (Å²) in [4.78, 5) is 15.6. The molecule has 23 heavy (non-hydrogen) atoms. The van der Waals surface area contributed by atoms with Crippen molar-refractivity contribution >= 4 is 16.8 Å². The van der Waals surface area contributed by atoms with Gasteiger partial charge in [0, 0.05) is 17.4 Å². The Morgan fingerprint density at radius 3 is 2.65 bits per heavy atom. The largest absolute Gasteiger partial charge is 0.351 e. The Balaban J connectivity index is 1.61. The van der Waals surface area contributed by atoms with Gasteiger partial charge in [0.1, 0.15) is 5.69 Å². The molecule has 2 N–H and O–H groups in total. The van der Waals surface area contributed by atoms with E-state index in [1.54, 1.807) is 0 Å². The van der Waals surface area contributed by atoms with Gasteiger partial charge >= 0.3 is 0 Å². The number of aromatic nitrogens is 1. The highest BCUT2D eigenvalue weighted by Crippen LogP contribution is 2.22. The maximum atomic E-state index is 12.4. The normalized spacial score (nSPS) is 10.9. The van der Waals surface area contributed by atoms with Crippen molar-refractivity contribution in [2.45, 2.75) is 26.7 Å². The second-order valence-electron chi connectivity index (χ2n) is 6.02. The van der Waals surface area contributed by atoms with E-state index in [1.807, 2.05) is 25.1 Å². The van der Waals surface area contributed by atoms with Crippen molar-refractivity contribution in [1.29, 1.82) is 0 Å². The number of benzene rings is 2. The lowest BCUT2D eigenvalue weighted by molar-refractivity contribution is 0.0948. The fourth-order valence-corrected chi connectivity index (χ4v) is 2.91. The molecular formula is C20H22N2O. The summed E-state index contributed by atoms with van der Waals surface area (Å²) in [5.74, 6) is -0.0237. The van der Waals surface area contributed by atoms with Gasteiger partial charge in [-0.15, -0.1) is 0 Å². The van der Waals surface area contributed by atoms with Crippen LogP contribution in [0.15, 0.2) is 48.5 Å². The molecule has 0 spiro atoms. The lowest BCUT2D eigenvalue weighted by atomic mass is 10.1. The van der Waals surface area contributed by atoms with Crippen LogP contribution < -0.4 is 5.32 Å². The summed E-state index contributed by atoms with van der Waals surface area (Å²) in [6.45, 7) is 4.73. The lowest BCUT2D eigenvalue weighted by Gasteiger charge is -2.05. The first-order valence-corrected chi connectivity index (χ1v) is 8.06. The highest BCUT2D eigenvalue weighted by molar-refractivity contribution is 6.00. The van der Waals surface area contributed by atoms with Crippen LogP contribution >= 0.6 is 0 Å². The van der Waals surface area contributed by atoms with Crippen LogP contribution in [0.1, 0.15) is 33.6 Å². The third-order valence-electron chi connectivity index (χ3n) is 4.21. The van der Waals surface area contributed by atoms with Gasteiger partial charge in [-0.1, -0.05) is 42.5 Å². The predicted octanol–water partition coefficient (Wildman–Crippen LogP) is 4.15. The van der Waals surface area contributed by atoms with E-state index in [1.165, 1.54) is 11.1 Å². The summed E-state index contributed by atoms with van der Waals surface area (Å²) in [7, 11) is 0. The number of carbonyl (C=O) groups is 1. The number of amides is 1. The molecular weight excluding hydrogens is 284 g/mol. The molecule has 0 aliphatic carbocycles. The molecule has 3 heteroatoms. The third-order valence-corrected chi connectivity index (χ3v) is 4.21. The number of fused-ring (bicyclic) bond motifs is 1. The van der Waals surface area contributed by atoms with Crippen LogP contribution in [0.3, 0.4) is 0 Å². The van der Waals surface area contributed by atoms with Crippen molar-refractivity contribution in [3.63, 3.8) is 0 Å². The first-order chi connectivity index (χ1) is 11.1. The van der Waals surface area contributed by atoms with Crippen LogP contribution in [0.5, 0.6) is 0 Å². The van der Waals surface area contributed by atoms with Crippen LogP contribution in [0.4, 0.5) is 0 Å². The molecule has 0 unspecified atom stereocenters. The van der Waals surface area contributed by atoms with Crippen LogP contribution in [0.25, 0.3) is 10.9 Å². The quantitative estimate of drug-likeness (QED) is 0.683. The van der Waals surface area contributed by atoms with E-state index in [-0.39, 0.29) is 5.91 Å². The van der Waals surface area contributed by atoms with E-state index in [0.717, 1.165) is 29.3 Å². The van der Waals surface area contributed by atoms with Crippen molar-refractivity contribution in [3.05, 3.63) is 70.9 Å². The second-order valence-corrected chi connectivity index (χ2v) is 6.02.